The van der Waals surface area contributed by atoms with Crippen LogP contribution in [0.3, 0.4) is 0 Å². The number of rotatable bonds is 2. The number of para-hydroxylation sites is 1. The van der Waals surface area contributed by atoms with Gasteiger partial charge in [-0.05, 0) is 30.3 Å². The van der Waals surface area contributed by atoms with Crippen LogP contribution in [0.25, 0.3) is 10.9 Å². The SMILES string of the molecule is Cn1cc(NC(=O)Nc2ccc(Br)cc2)c2ccccc21. The van der Waals surface area contributed by atoms with E-state index in [0.29, 0.717) is 0 Å². The fraction of sp³-hybridized carbons (Fsp3) is 0.0625. The van der Waals surface area contributed by atoms with E-state index in [2.05, 4.69) is 26.6 Å². The van der Waals surface area contributed by atoms with Crippen molar-refractivity contribution in [3.8, 4) is 0 Å². The monoisotopic (exact) mass is 343 g/mol. The predicted molar refractivity (Wildman–Crippen MR) is 89.7 cm³/mol. The molecule has 21 heavy (non-hydrogen) atoms. The van der Waals surface area contributed by atoms with Gasteiger partial charge >= 0.3 is 6.03 Å². The van der Waals surface area contributed by atoms with Crippen molar-refractivity contribution in [1.29, 1.82) is 0 Å². The van der Waals surface area contributed by atoms with E-state index >= 15 is 0 Å². The number of carbonyl (C=O) groups excluding carboxylic acids is 1. The topological polar surface area (TPSA) is 46.1 Å². The number of aromatic nitrogens is 1. The second-order valence-electron chi connectivity index (χ2n) is 4.76. The zero-order valence-corrected chi connectivity index (χ0v) is 13.0. The average molecular weight is 344 g/mol. The predicted octanol–water partition coefficient (Wildman–Crippen LogP) is 4.58. The van der Waals surface area contributed by atoms with Gasteiger partial charge in [0.15, 0.2) is 0 Å². The normalized spacial score (nSPS) is 10.6. The molecule has 0 fully saturated rings. The van der Waals surface area contributed by atoms with Crippen LogP contribution in [0.15, 0.2) is 59.2 Å². The Morgan fingerprint density at radius 3 is 2.52 bits per heavy atom. The molecule has 2 amide bonds. The first kappa shape index (κ1) is 13.7. The molecule has 3 aromatic rings. The molecule has 5 heteroatoms. The number of nitrogens with one attached hydrogen (secondary N) is 2. The Labute approximate surface area is 130 Å². The lowest BCUT2D eigenvalue weighted by atomic mass is 10.2. The van der Waals surface area contributed by atoms with Crippen molar-refractivity contribution in [2.45, 2.75) is 0 Å². The first-order chi connectivity index (χ1) is 10.1. The number of aryl methyl sites for hydroxylation is 1. The smallest absolute Gasteiger partial charge is 0.323 e. The molecule has 2 aromatic carbocycles. The van der Waals surface area contributed by atoms with Gasteiger partial charge in [0.2, 0.25) is 0 Å². The number of fused-ring (bicyclic) bond motifs is 1. The molecule has 0 aliphatic rings. The Morgan fingerprint density at radius 1 is 1.05 bits per heavy atom. The molecule has 0 aliphatic heterocycles. The van der Waals surface area contributed by atoms with E-state index in [9.17, 15) is 4.79 Å². The molecule has 2 N–H and O–H groups in total. The van der Waals surface area contributed by atoms with Crippen LogP contribution in [0, 0.1) is 0 Å². The third kappa shape index (κ3) is 2.92. The van der Waals surface area contributed by atoms with Crippen molar-refractivity contribution in [1.82, 2.24) is 4.57 Å². The van der Waals surface area contributed by atoms with E-state index in [-0.39, 0.29) is 6.03 Å². The summed E-state index contributed by atoms with van der Waals surface area (Å²) in [6.07, 6.45) is 1.91. The van der Waals surface area contributed by atoms with Crippen LogP contribution in [-0.4, -0.2) is 10.6 Å². The highest BCUT2D eigenvalue weighted by Gasteiger charge is 2.09. The summed E-state index contributed by atoms with van der Waals surface area (Å²) in [5.74, 6) is 0. The van der Waals surface area contributed by atoms with E-state index in [1.165, 1.54) is 0 Å². The second kappa shape index (κ2) is 5.61. The maximum absolute atomic E-state index is 12.1. The van der Waals surface area contributed by atoms with E-state index < -0.39 is 0 Å². The molecule has 0 saturated carbocycles. The third-order valence-electron chi connectivity index (χ3n) is 3.25. The van der Waals surface area contributed by atoms with Gasteiger partial charge < -0.3 is 15.2 Å². The van der Waals surface area contributed by atoms with Gasteiger partial charge in [0.25, 0.3) is 0 Å². The van der Waals surface area contributed by atoms with Crippen LogP contribution >= 0.6 is 15.9 Å². The Hall–Kier alpha value is -2.27. The number of urea groups is 1. The molecule has 0 spiro atoms. The van der Waals surface area contributed by atoms with Crippen LogP contribution in [0.4, 0.5) is 16.2 Å². The summed E-state index contributed by atoms with van der Waals surface area (Å²) in [5, 5.41) is 6.72. The molecule has 0 aliphatic carbocycles. The number of amides is 2. The molecule has 106 valence electrons. The fourth-order valence-corrected chi connectivity index (χ4v) is 2.52. The van der Waals surface area contributed by atoms with Gasteiger partial charge in [-0.25, -0.2) is 4.79 Å². The Morgan fingerprint density at radius 2 is 1.76 bits per heavy atom. The molecule has 0 radical (unpaired) electrons. The highest BCUT2D eigenvalue weighted by molar-refractivity contribution is 9.10. The molecular formula is C16H14BrN3O. The first-order valence-electron chi connectivity index (χ1n) is 6.51. The van der Waals surface area contributed by atoms with Gasteiger partial charge in [-0.15, -0.1) is 0 Å². The largest absolute Gasteiger partial charge is 0.348 e. The standard InChI is InChI=1S/C16H14BrN3O/c1-20-10-14(13-4-2-3-5-15(13)20)19-16(21)18-12-8-6-11(17)7-9-12/h2-10H,1H3,(H2,18,19,21). The summed E-state index contributed by atoms with van der Waals surface area (Å²) in [7, 11) is 1.96. The third-order valence-corrected chi connectivity index (χ3v) is 3.78. The van der Waals surface area contributed by atoms with Crippen LogP contribution in [0.1, 0.15) is 0 Å². The number of anilines is 2. The molecule has 4 nitrogen and oxygen atoms in total. The molecule has 3 rings (SSSR count). The van der Waals surface area contributed by atoms with Crippen LogP contribution < -0.4 is 10.6 Å². The summed E-state index contributed by atoms with van der Waals surface area (Å²) in [5.41, 5.74) is 2.62. The highest BCUT2D eigenvalue weighted by Crippen LogP contribution is 2.25. The van der Waals surface area contributed by atoms with Crippen molar-refractivity contribution in [2.24, 2.45) is 7.05 Å². The Kier molecular flexibility index (Phi) is 3.66. The maximum atomic E-state index is 12.1. The van der Waals surface area contributed by atoms with E-state index in [1.54, 1.807) is 0 Å². The lowest BCUT2D eigenvalue weighted by Crippen LogP contribution is -2.19. The average Bonchev–Trinajstić information content (AvgIpc) is 2.78. The molecule has 1 aromatic heterocycles. The summed E-state index contributed by atoms with van der Waals surface area (Å²) in [6.45, 7) is 0. The van der Waals surface area contributed by atoms with Gasteiger partial charge in [0, 0.05) is 34.3 Å². The first-order valence-corrected chi connectivity index (χ1v) is 7.30. The van der Waals surface area contributed by atoms with Crippen molar-refractivity contribution in [3.63, 3.8) is 0 Å². The zero-order valence-electron chi connectivity index (χ0n) is 11.4. The lowest BCUT2D eigenvalue weighted by Gasteiger charge is -2.06. The number of hydrogen-bond donors (Lipinski definition) is 2. The van der Waals surface area contributed by atoms with Crippen LogP contribution in [0.5, 0.6) is 0 Å². The summed E-state index contributed by atoms with van der Waals surface area (Å²) < 4.78 is 2.97. The molecule has 0 atom stereocenters. The highest BCUT2D eigenvalue weighted by atomic mass is 79.9. The zero-order chi connectivity index (χ0) is 14.8. The minimum Gasteiger partial charge on any atom is -0.348 e. The maximum Gasteiger partial charge on any atom is 0.323 e. The van der Waals surface area contributed by atoms with Gasteiger partial charge in [0.1, 0.15) is 0 Å². The van der Waals surface area contributed by atoms with Crippen LogP contribution in [0.2, 0.25) is 0 Å². The number of halogens is 1. The number of hydrogen-bond acceptors (Lipinski definition) is 1. The van der Waals surface area contributed by atoms with E-state index in [1.807, 2.05) is 66.3 Å². The Balaban J connectivity index is 1.79. The quantitative estimate of drug-likeness (QED) is 0.702. The number of benzene rings is 2. The number of carbonyl (C=O) groups is 1. The molecule has 0 bridgehead atoms. The van der Waals surface area contributed by atoms with Crippen molar-refractivity contribution >= 4 is 44.2 Å². The van der Waals surface area contributed by atoms with Gasteiger partial charge in [0.05, 0.1) is 5.69 Å². The Bertz CT molecular complexity index is 793. The van der Waals surface area contributed by atoms with Crippen molar-refractivity contribution in [3.05, 3.63) is 59.2 Å². The second-order valence-corrected chi connectivity index (χ2v) is 5.67. The van der Waals surface area contributed by atoms with Gasteiger partial charge in [-0.2, -0.15) is 0 Å². The molecule has 0 saturated heterocycles. The van der Waals surface area contributed by atoms with E-state index in [4.69, 9.17) is 0 Å². The summed E-state index contributed by atoms with van der Waals surface area (Å²) in [6, 6.07) is 15.1. The molecule has 0 unspecified atom stereocenters. The summed E-state index contributed by atoms with van der Waals surface area (Å²) in [4.78, 5) is 12.1. The fourth-order valence-electron chi connectivity index (χ4n) is 2.26. The van der Waals surface area contributed by atoms with Crippen LogP contribution in [-0.2, 0) is 7.05 Å². The lowest BCUT2D eigenvalue weighted by molar-refractivity contribution is 0.262. The van der Waals surface area contributed by atoms with Gasteiger partial charge in [-0.1, -0.05) is 34.1 Å². The van der Waals surface area contributed by atoms with Crippen molar-refractivity contribution in [2.75, 3.05) is 10.6 Å². The van der Waals surface area contributed by atoms with Gasteiger partial charge in [-0.3, -0.25) is 0 Å². The summed E-state index contributed by atoms with van der Waals surface area (Å²) >= 11 is 3.36. The van der Waals surface area contributed by atoms with Crippen molar-refractivity contribution < 1.29 is 4.79 Å². The number of nitrogens with zero attached hydrogens (tertiary/aromatic N) is 1. The van der Waals surface area contributed by atoms with E-state index in [0.717, 1.165) is 26.8 Å². The minimum absolute atomic E-state index is 0.256. The molecule has 1 heterocycles. The molecular weight excluding hydrogens is 330 g/mol. The minimum atomic E-state index is -0.256.